The quantitative estimate of drug-likeness (QED) is 0.856. The van der Waals surface area contributed by atoms with Gasteiger partial charge in [0.25, 0.3) is 0 Å². The van der Waals surface area contributed by atoms with Crippen molar-refractivity contribution in [2.45, 2.75) is 25.4 Å². The van der Waals surface area contributed by atoms with Crippen molar-refractivity contribution in [2.24, 2.45) is 0 Å². The van der Waals surface area contributed by atoms with Crippen molar-refractivity contribution in [3.05, 3.63) is 28.2 Å². The zero-order valence-corrected chi connectivity index (χ0v) is 10.9. The summed E-state index contributed by atoms with van der Waals surface area (Å²) in [6.07, 6.45) is 3.22. The topological polar surface area (TPSA) is 21.3 Å². The van der Waals surface area contributed by atoms with Crippen LogP contribution in [-0.2, 0) is 4.74 Å². The van der Waals surface area contributed by atoms with Crippen molar-refractivity contribution in [1.82, 2.24) is 0 Å². The lowest BCUT2D eigenvalue weighted by atomic mass is 10.2. The first kappa shape index (κ1) is 12.8. The molecule has 1 saturated heterocycles. The minimum absolute atomic E-state index is 0.139. The molecule has 1 fully saturated rings. The molecule has 1 unspecified atom stereocenters. The molecule has 17 heavy (non-hydrogen) atoms. The molecule has 1 aliphatic heterocycles. The van der Waals surface area contributed by atoms with E-state index in [1.165, 1.54) is 0 Å². The Morgan fingerprint density at radius 3 is 2.88 bits per heavy atom. The van der Waals surface area contributed by atoms with E-state index in [0.29, 0.717) is 6.54 Å². The molecule has 1 heterocycles. The number of ether oxygens (including phenoxy) is 1. The van der Waals surface area contributed by atoms with Crippen LogP contribution in [0.15, 0.2) is 16.6 Å². The Kier molecular flexibility index (Phi) is 4.34. The Labute approximate surface area is 107 Å². The molecule has 1 N–H and O–H groups in total. The van der Waals surface area contributed by atoms with Crippen LogP contribution in [-0.4, -0.2) is 19.3 Å². The molecule has 0 aliphatic carbocycles. The number of halogens is 3. The lowest BCUT2D eigenvalue weighted by molar-refractivity contribution is 0.107. The van der Waals surface area contributed by atoms with E-state index in [2.05, 4.69) is 21.2 Å². The van der Waals surface area contributed by atoms with Crippen molar-refractivity contribution in [2.75, 3.05) is 18.5 Å². The van der Waals surface area contributed by atoms with Crippen molar-refractivity contribution >= 4 is 21.6 Å². The second kappa shape index (κ2) is 5.78. The third kappa shape index (κ3) is 3.39. The van der Waals surface area contributed by atoms with Gasteiger partial charge in [0.05, 0.1) is 16.3 Å². The number of anilines is 1. The molecule has 0 bridgehead atoms. The molecule has 0 saturated carbocycles. The van der Waals surface area contributed by atoms with E-state index in [-0.39, 0.29) is 16.3 Å². The average Bonchev–Trinajstić information content (AvgIpc) is 2.78. The molecular formula is C12H14BrF2NO. The van der Waals surface area contributed by atoms with Crippen molar-refractivity contribution < 1.29 is 13.5 Å². The van der Waals surface area contributed by atoms with Gasteiger partial charge in [-0.1, -0.05) is 0 Å². The molecule has 1 aromatic rings. The summed E-state index contributed by atoms with van der Waals surface area (Å²) in [7, 11) is 0. The number of benzene rings is 1. The number of rotatable bonds is 4. The summed E-state index contributed by atoms with van der Waals surface area (Å²) in [5.74, 6) is -0.920. The Balaban J connectivity index is 1.87. The van der Waals surface area contributed by atoms with Crippen LogP contribution in [0.4, 0.5) is 14.5 Å². The summed E-state index contributed by atoms with van der Waals surface area (Å²) in [6.45, 7) is 1.40. The molecule has 1 atom stereocenters. The van der Waals surface area contributed by atoms with E-state index >= 15 is 0 Å². The predicted octanol–water partition coefficient (Wildman–Crippen LogP) is 3.71. The zero-order chi connectivity index (χ0) is 12.3. The van der Waals surface area contributed by atoms with Gasteiger partial charge in [0, 0.05) is 19.2 Å². The lowest BCUT2D eigenvalue weighted by Gasteiger charge is -2.12. The van der Waals surface area contributed by atoms with Crippen molar-refractivity contribution in [3.8, 4) is 0 Å². The minimum atomic E-state index is -0.467. The van der Waals surface area contributed by atoms with Gasteiger partial charge in [0.1, 0.15) is 11.6 Å². The molecule has 0 radical (unpaired) electrons. The maximum atomic E-state index is 13.4. The highest BCUT2D eigenvalue weighted by atomic mass is 79.9. The molecular weight excluding hydrogens is 292 g/mol. The number of nitrogens with one attached hydrogen (secondary N) is 1. The van der Waals surface area contributed by atoms with E-state index in [1.54, 1.807) is 0 Å². The van der Waals surface area contributed by atoms with Crippen LogP contribution >= 0.6 is 15.9 Å². The van der Waals surface area contributed by atoms with E-state index in [1.807, 2.05) is 0 Å². The van der Waals surface area contributed by atoms with Gasteiger partial charge in [-0.25, -0.2) is 8.78 Å². The molecule has 1 aliphatic rings. The standard InChI is InChI=1S/C12H14BrF2NO/c13-9-6-11(15)12(7-10(9)14)16-4-3-8-2-1-5-17-8/h6-8,16H,1-5H2. The first-order valence-corrected chi connectivity index (χ1v) is 6.46. The molecule has 2 rings (SSSR count). The SMILES string of the molecule is Fc1cc(NCCC2CCCO2)c(F)cc1Br. The summed E-state index contributed by atoms with van der Waals surface area (Å²) >= 11 is 2.94. The molecule has 5 heteroatoms. The van der Waals surface area contributed by atoms with Crippen LogP contribution < -0.4 is 5.32 Å². The normalized spacial score (nSPS) is 19.6. The van der Waals surface area contributed by atoms with Crippen LogP contribution in [0.5, 0.6) is 0 Å². The maximum absolute atomic E-state index is 13.4. The van der Waals surface area contributed by atoms with Crippen molar-refractivity contribution in [3.63, 3.8) is 0 Å². The van der Waals surface area contributed by atoms with E-state index < -0.39 is 11.6 Å². The first-order chi connectivity index (χ1) is 8.16. The summed E-state index contributed by atoms with van der Waals surface area (Å²) in [4.78, 5) is 0. The highest BCUT2D eigenvalue weighted by Gasteiger charge is 2.15. The van der Waals surface area contributed by atoms with E-state index in [0.717, 1.165) is 38.0 Å². The molecule has 94 valence electrons. The predicted molar refractivity (Wildman–Crippen MR) is 66.1 cm³/mol. The van der Waals surface area contributed by atoms with E-state index in [4.69, 9.17) is 4.74 Å². The Morgan fingerprint density at radius 2 is 2.18 bits per heavy atom. The van der Waals surface area contributed by atoms with Gasteiger partial charge in [0.2, 0.25) is 0 Å². The summed E-state index contributed by atoms with van der Waals surface area (Å²) in [5, 5.41) is 2.89. The second-order valence-electron chi connectivity index (χ2n) is 4.10. The molecule has 0 amide bonds. The fourth-order valence-electron chi connectivity index (χ4n) is 1.90. The van der Waals surface area contributed by atoms with Gasteiger partial charge >= 0.3 is 0 Å². The van der Waals surface area contributed by atoms with Crippen LogP contribution in [0.1, 0.15) is 19.3 Å². The smallest absolute Gasteiger partial charge is 0.147 e. The lowest BCUT2D eigenvalue weighted by Crippen LogP contribution is -2.13. The second-order valence-corrected chi connectivity index (χ2v) is 4.95. The average molecular weight is 306 g/mol. The largest absolute Gasteiger partial charge is 0.382 e. The summed E-state index contributed by atoms with van der Waals surface area (Å²) < 4.78 is 32.2. The van der Waals surface area contributed by atoms with Gasteiger partial charge in [-0.05, 0) is 41.3 Å². The fourth-order valence-corrected chi connectivity index (χ4v) is 2.21. The summed E-state index contributed by atoms with van der Waals surface area (Å²) in [5.41, 5.74) is 0.198. The number of hydrogen-bond donors (Lipinski definition) is 1. The zero-order valence-electron chi connectivity index (χ0n) is 9.31. The summed E-state index contributed by atoms with van der Waals surface area (Å²) in [6, 6.07) is 2.29. The van der Waals surface area contributed by atoms with Crippen molar-refractivity contribution in [1.29, 1.82) is 0 Å². The Morgan fingerprint density at radius 1 is 1.35 bits per heavy atom. The number of hydrogen-bond acceptors (Lipinski definition) is 2. The fraction of sp³-hybridized carbons (Fsp3) is 0.500. The highest BCUT2D eigenvalue weighted by Crippen LogP contribution is 2.23. The Hall–Kier alpha value is -0.680. The maximum Gasteiger partial charge on any atom is 0.147 e. The van der Waals surface area contributed by atoms with Gasteiger partial charge in [-0.15, -0.1) is 0 Å². The van der Waals surface area contributed by atoms with Gasteiger partial charge in [0.15, 0.2) is 0 Å². The molecule has 2 nitrogen and oxygen atoms in total. The molecule has 0 aromatic heterocycles. The molecule has 1 aromatic carbocycles. The van der Waals surface area contributed by atoms with Gasteiger partial charge in [-0.2, -0.15) is 0 Å². The molecule has 0 spiro atoms. The van der Waals surface area contributed by atoms with Gasteiger partial charge < -0.3 is 10.1 Å². The van der Waals surface area contributed by atoms with Crippen LogP contribution in [0.2, 0.25) is 0 Å². The Bertz CT molecular complexity index is 394. The van der Waals surface area contributed by atoms with Crippen LogP contribution in [0.3, 0.4) is 0 Å². The first-order valence-electron chi connectivity index (χ1n) is 5.67. The van der Waals surface area contributed by atoms with E-state index in [9.17, 15) is 8.78 Å². The third-order valence-corrected chi connectivity index (χ3v) is 3.42. The minimum Gasteiger partial charge on any atom is -0.382 e. The van der Waals surface area contributed by atoms with Crippen LogP contribution in [0, 0.1) is 11.6 Å². The van der Waals surface area contributed by atoms with Gasteiger partial charge in [-0.3, -0.25) is 0 Å². The van der Waals surface area contributed by atoms with Crippen LogP contribution in [0.25, 0.3) is 0 Å². The highest BCUT2D eigenvalue weighted by molar-refractivity contribution is 9.10. The third-order valence-electron chi connectivity index (χ3n) is 2.82. The monoisotopic (exact) mass is 305 g/mol.